The van der Waals surface area contributed by atoms with Crippen LogP contribution in [-0.2, 0) is 19.6 Å². The van der Waals surface area contributed by atoms with Crippen molar-refractivity contribution in [3.05, 3.63) is 16.5 Å². The molecule has 0 radical (unpaired) electrons. The first-order chi connectivity index (χ1) is 9.61. The van der Waals surface area contributed by atoms with Crippen LogP contribution in [0, 0.1) is 6.92 Å². The summed E-state index contributed by atoms with van der Waals surface area (Å²) in [7, 11) is -2.78. The Kier molecular flexibility index (Phi) is 5.48. The van der Waals surface area contributed by atoms with Gasteiger partial charge < -0.3 is 9.84 Å². The van der Waals surface area contributed by atoms with Gasteiger partial charge in [-0.15, -0.1) is 11.3 Å². The summed E-state index contributed by atoms with van der Waals surface area (Å²) in [4.78, 5) is 22.4. The average molecular weight is 335 g/mol. The van der Waals surface area contributed by atoms with Crippen LogP contribution < -0.4 is 0 Å². The molecule has 118 valence electrons. The van der Waals surface area contributed by atoms with Crippen LogP contribution in [0.5, 0.6) is 0 Å². The molecule has 0 aliphatic carbocycles. The molecule has 1 heterocycles. The van der Waals surface area contributed by atoms with Crippen molar-refractivity contribution in [3.8, 4) is 0 Å². The van der Waals surface area contributed by atoms with E-state index in [0.29, 0.717) is 16.9 Å². The lowest BCUT2D eigenvalue weighted by Crippen LogP contribution is -2.40. The quantitative estimate of drug-likeness (QED) is 0.787. The van der Waals surface area contributed by atoms with E-state index >= 15 is 0 Å². The van der Waals surface area contributed by atoms with Crippen LogP contribution in [0.3, 0.4) is 0 Å². The monoisotopic (exact) mass is 335 g/mol. The van der Waals surface area contributed by atoms with E-state index in [4.69, 9.17) is 5.11 Å². The number of carboxylic acids is 1. The Labute approximate surface area is 127 Å². The molecule has 0 aliphatic rings. The molecule has 0 saturated heterocycles. The summed E-state index contributed by atoms with van der Waals surface area (Å²) in [5.74, 6) is -1.86. The number of hydrogen-bond acceptors (Lipinski definition) is 6. The zero-order valence-corrected chi connectivity index (χ0v) is 13.7. The first-order valence-corrected chi connectivity index (χ1v) is 8.29. The molecule has 1 aromatic rings. The fourth-order valence-corrected chi connectivity index (χ4v) is 4.73. The van der Waals surface area contributed by atoms with E-state index in [9.17, 15) is 18.0 Å². The van der Waals surface area contributed by atoms with Gasteiger partial charge in [0.05, 0.1) is 7.11 Å². The highest BCUT2D eigenvalue weighted by atomic mass is 32.2. The molecule has 0 fully saturated rings. The normalized spacial score (nSPS) is 11.9. The summed E-state index contributed by atoms with van der Waals surface area (Å²) < 4.78 is 30.5. The van der Waals surface area contributed by atoms with Crippen LogP contribution in [0.25, 0.3) is 0 Å². The number of carbonyl (C=O) groups excluding carboxylic acids is 1. The number of carbonyl (C=O) groups is 2. The molecular weight excluding hydrogens is 318 g/mol. The molecule has 0 aliphatic heterocycles. The van der Waals surface area contributed by atoms with Crippen molar-refractivity contribution in [3.63, 3.8) is 0 Å². The summed E-state index contributed by atoms with van der Waals surface area (Å²) in [6, 6.07) is 0.834. The fraction of sp³-hybridized carbons (Fsp3) is 0.500. The van der Waals surface area contributed by atoms with Gasteiger partial charge in [0.15, 0.2) is 0 Å². The maximum atomic E-state index is 12.5. The maximum Gasteiger partial charge on any atom is 0.346 e. The third kappa shape index (κ3) is 3.80. The van der Waals surface area contributed by atoms with Gasteiger partial charge in [0.2, 0.25) is 0 Å². The summed E-state index contributed by atoms with van der Waals surface area (Å²) in [6.45, 7) is 4.35. The van der Waals surface area contributed by atoms with E-state index in [1.807, 2.05) is 0 Å². The lowest BCUT2D eigenvalue weighted by atomic mass is 10.3. The molecule has 0 saturated carbocycles. The van der Waals surface area contributed by atoms with Crippen molar-refractivity contribution in [1.29, 1.82) is 0 Å². The number of aromatic carboxylic acids is 1. The van der Waals surface area contributed by atoms with E-state index in [-0.39, 0.29) is 9.09 Å². The molecule has 1 rings (SSSR count). The fourth-order valence-electron chi connectivity index (χ4n) is 1.64. The molecule has 7 nitrogen and oxygen atoms in total. The van der Waals surface area contributed by atoms with E-state index in [1.165, 1.54) is 20.1 Å². The molecule has 1 N–H and O–H groups in total. The van der Waals surface area contributed by atoms with Crippen molar-refractivity contribution in [1.82, 2.24) is 4.31 Å². The lowest BCUT2D eigenvalue weighted by molar-refractivity contribution is -0.141. The predicted octanol–water partition coefficient (Wildman–Crippen LogP) is 1.33. The SMILES string of the molecule is COC(=O)CN(C(C)C)S(=O)(=O)c1cc(C)c(C(=O)O)s1. The van der Waals surface area contributed by atoms with Crippen LogP contribution in [0.4, 0.5) is 0 Å². The second-order valence-corrected chi connectivity index (χ2v) is 7.77. The van der Waals surface area contributed by atoms with E-state index < -0.39 is 34.5 Å². The largest absolute Gasteiger partial charge is 0.477 e. The molecule has 0 spiro atoms. The maximum absolute atomic E-state index is 12.5. The van der Waals surface area contributed by atoms with Crippen LogP contribution in [0.1, 0.15) is 29.1 Å². The zero-order valence-electron chi connectivity index (χ0n) is 12.1. The second-order valence-electron chi connectivity index (χ2n) is 4.60. The van der Waals surface area contributed by atoms with Crippen LogP contribution in [0.2, 0.25) is 0 Å². The highest BCUT2D eigenvalue weighted by Gasteiger charge is 2.32. The minimum atomic E-state index is -3.95. The lowest BCUT2D eigenvalue weighted by Gasteiger charge is -2.23. The van der Waals surface area contributed by atoms with Gasteiger partial charge in [-0.05, 0) is 32.4 Å². The molecule has 0 atom stereocenters. The molecule has 0 amide bonds. The van der Waals surface area contributed by atoms with Crippen molar-refractivity contribution < 1.29 is 27.9 Å². The van der Waals surface area contributed by atoms with E-state index in [1.54, 1.807) is 13.8 Å². The Balaban J connectivity index is 3.26. The smallest absolute Gasteiger partial charge is 0.346 e. The number of thiophene rings is 1. The molecule has 0 unspecified atom stereocenters. The average Bonchev–Trinajstić information content (AvgIpc) is 2.77. The standard InChI is InChI=1S/C12H17NO6S2/c1-7(2)13(6-9(14)19-4)21(17,18)10-5-8(3)11(20-10)12(15)16/h5,7H,6H2,1-4H3,(H,15,16). The number of ether oxygens (including phenoxy) is 1. The molecule has 1 aromatic heterocycles. The number of esters is 1. The van der Waals surface area contributed by atoms with E-state index in [2.05, 4.69) is 4.74 Å². The van der Waals surface area contributed by atoms with Gasteiger partial charge >= 0.3 is 11.9 Å². The summed E-state index contributed by atoms with van der Waals surface area (Å²) in [5.41, 5.74) is 0.368. The molecule has 9 heteroatoms. The van der Waals surface area contributed by atoms with Crippen LogP contribution in [0.15, 0.2) is 10.3 Å². The molecule has 0 bridgehead atoms. The minimum Gasteiger partial charge on any atom is -0.477 e. The number of methoxy groups -OCH3 is 1. The van der Waals surface area contributed by atoms with Crippen molar-refractivity contribution >= 4 is 33.3 Å². The van der Waals surface area contributed by atoms with Crippen molar-refractivity contribution in [2.24, 2.45) is 0 Å². The number of nitrogens with zero attached hydrogens (tertiary/aromatic N) is 1. The van der Waals surface area contributed by atoms with E-state index in [0.717, 1.165) is 4.31 Å². The summed E-state index contributed by atoms with van der Waals surface area (Å²) in [6.07, 6.45) is 0. The minimum absolute atomic E-state index is 0.0321. The Morgan fingerprint density at radius 3 is 2.38 bits per heavy atom. The Morgan fingerprint density at radius 1 is 1.43 bits per heavy atom. The highest BCUT2D eigenvalue weighted by molar-refractivity contribution is 7.91. The Morgan fingerprint density at radius 2 is 2.00 bits per heavy atom. The second kappa shape index (κ2) is 6.54. The molecule has 0 aromatic carbocycles. The summed E-state index contributed by atoms with van der Waals surface area (Å²) >= 11 is 0.674. The zero-order chi connectivity index (χ0) is 16.4. The summed E-state index contributed by atoms with van der Waals surface area (Å²) in [5, 5.41) is 9.00. The number of hydrogen-bond donors (Lipinski definition) is 1. The number of carboxylic acid groups (broad SMARTS) is 1. The molecular formula is C12H17NO6S2. The van der Waals surface area contributed by atoms with Gasteiger partial charge in [0.25, 0.3) is 10.0 Å². The van der Waals surface area contributed by atoms with Crippen molar-refractivity contribution in [2.45, 2.75) is 31.0 Å². The number of rotatable bonds is 6. The van der Waals surface area contributed by atoms with Crippen LogP contribution in [-0.4, -0.2) is 49.5 Å². The van der Waals surface area contributed by atoms with Gasteiger partial charge in [-0.1, -0.05) is 0 Å². The predicted molar refractivity (Wildman–Crippen MR) is 77.1 cm³/mol. The van der Waals surface area contributed by atoms with Crippen LogP contribution >= 0.6 is 11.3 Å². The first kappa shape index (κ1) is 17.6. The topological polar surface area (TPSA) is 101 Å². The number of sulfonamides is 1. The van der Waals surface area contributed by atoms with Gasteiger partial charge in [-0.3, -0.25) is 4.79 Å². The van der Waals surface area contributed by atoms with Gasteiger partial charge in [0, 0.05) is 6.04 Å². The van der Waals surface area contributed by atoms with Crippen molar-refractivity contribution in [2.75, 3.05) is 13.7 Å². The third-order valence-electron chi connectivity index (χ3n) is 2.74. The first-order valence-electron chi connectivity index (χ1n) is 6.03. The Hall–Kier alpha value is -1.45. The third-order valence-corrected chi connectivity index (χ3v) is 6.44. The Bertz CT molecular complexity index is 647. The number of aryl methyl sites for hydroxylation is 1. The highest BCUT2D eigenvalue weighted by Crippen LogP contribution is 2.29. The van der Waals surface area contributed by atoms with Gasteiger partial charge in [0.1, 0.15) is 15.6 Å². The van der Waals surface area contributed by atoms with Gasteiger partial charge in [-0.25, -0.2) is 13.2 Å². The molecule has 21 heavy (non-hydrogen) atoms. The van der Waals surface area contributed by atoms with Gasteiger partial charge in [-0.2, -0.15) is 4.31 Å².